The molecule has 0 aliphatic carbocycles. The second-order valence-electron chi connectivity index (χ2n) is 5.87. The van der Waals surface area contributed by atoms with Crippen LogP contribution in [0.3, 0.4) is 0 Å². The molecule has 0 amide bonds. The van der Waals surface area contributed by atoms with Crippen molar-refractivity contribution in [1.82, 2.24) is 0 Å². The minimum absolute atomic E-state index is 0. The van der Waals surface area contributed by atoms with Crippen LogP contribution in [0.4, 0.5) is 17.1 Å². The van der Waals surface area contributed by atoms with Crippen molar-refractivity contribution >= 4 is 107 Å². The summed E-state index contributed by atoms with van der Waals surface area (Å²) in [6.07, 6.45) is 0. The summed E-state index contributed by atoms with van der Waals surface area (Å²) in [4.78, 5) is 8.58. The van der Waals surface area contributed by atoms with Crippen LogP contribution in [0.1, 0.15) is 0 Å². The Morgan fingerprint density at radius 3 is 1.91 bits per heavy atom. The minimum atomic E-state index is -4.93. The molecule has 0 saturated carbocycles. The standard InChI is InChI=1S/C16H11N3O9S2.2Na.2H/c20-14-8-15(30(26,27)28)16(13-7-11(29(23,24)25)5-6-12(13)14)18-17-9-1-3-10(4-2-9)19(21)22;;;;/h1-8,20H,(H,23,24,25)(H,26,27,28);;;;. The molecule has 0 aliphatic rings. The molecule has 3 aromatic carbocycles. The Morgan fingerprint density at radius 1 is 0.812 bits per heavy atom. The Bertz CT molecular complexity index is 1430. The van der Waals surface area contributed by atoms with Gasteiger partial charge in [-0.3, -0.25) is 19.2 Å². The number of fused-ring (bicyclic) bond motifs is 1. The number of phenolic OH excluding ortho intramolecular Hbond substituents is 1. The van der Waals surface area contributed by atoms with Gasteiger partial charge in [0.2, 0.25) is 0 Å². The van der Waals surface area contributed by atoms with E-state index in [0.29, 0.717) is 6.07 Å². The van der Waals surface area contributed by atoms with Crippen LogP contribution in [0.15, 0.2) is 68.6 Å². The van der Waals surface area contributed by atoms with Crippen LogP contribution in [0.2, 0.25) is 0 Å². The maximum absolute atomic E-state index is 11.8. The van der Waals surface area contributed by atoms with Crippen LogP contribution in [-0.4, -0.2) is 95.1 Å². The number of nitro groups is 1. The summed E-state index contributed by atoms with van der Waals surface area (Å²) < 4.78 is 65.1. The van der Waals surface area contributed by atoms with Gasteiger partial charge in [0.05, 0.1) is 15.5 Å². The Kier molecular flexibility index (Phi) is 9.51. The molecule has 0 fully saturated rings. The van der Waals surface area contributed by atoms with Crippen molar-refractivity contribution in [1.29, 1.82) is 0 Å². The van der Waals surface area contributed by atoms with Gasteiger partial charge < -0.3 is 5.11 Å². The van der Waals surface area contributed by atoms with E-state index in [1.807, 2.05) is 0 Å². The Hall–Kier alpha value is -1.46. The van der Waals surface area contributed by atoms with Crippen LogP contribution in [0, 0.1) is 10.1 Å². The van der Waals surface area contributed by atoms with Gasteiger partial charge in [0, 0.05) is 29.0 Å². The van der Waals surface area contributed by atoms with Crippen molar-refractivity contribution in [3.63, 3.8) is 0 Å². The third kappa shape index (κ3) is 6.32. The van der Waals surface area contributed by atoms with E-state index in [4.69, 9.17) is 0 Å². The predicted molar refractivity (Wildman–Crippen MR) is 117 cm³/mol. The van der Waals surface area contributed by atoms with Crippen LogP contribution in [0.5, 0.6) is 5.75 Å². The Labute approximate surface area is 225 Å². The van der Waals surface area contributed by atoms with Crippen molar-refractivity contribution in [3.05, 3.63) is 58.6 Å². The summed E-state index contributed by atoms with van der Waals surface area (Å²) in [5.41, 5.74) is -0.663. The normalized spacial score (nSPS) is 11.7. The molecular weight excluding hydrogens is 488 g/mol. The quantitative estimate of drug-likeness (QED) is 0.154. The molecule has 0 spiro atoms. The topological polar surface area (TPSA) is 197 Å². The molecular formula is C16H13N3Na2O9S2. The fourth-order valence-electron chi connectivity index (χ4n) is 2.55. The van der Waals surface area contributed by atoms with E-state index in [1.54, 1.807) is 0 Å². The molecule has 3 rings (SSSR count). The summed E-state index contributed by atoms with van der Waals surface area (Å²) >= 11 is 0. The monoisotopic (exact) mass is 501 g/mol. The molecule has 0 aromatic heterocycles. The number of hydrogen-bond donors (Lipinski definition) is 3. The number of hydrogen-bond acceptors (Lipinski definition) is 9. The zero-order chi connectivity index (χ0) is 22.3. The first-order valence-corrected chi connectivity index (χ1v) is 10.7. The van der Waals surface area contributed by atoms with Crippen molar-refractivity contribution < 1.29 is 36.0 Å². The van der Waals surface area contributed by atoms with Crippen molar-refractivity contribution in [2.75, 3.05) is 0 Å². The first-order chi connectivity index (χ1) is 13.9. The van der Waals surface area contributed by atoms with Crippen LogP contribution >= 0.6 is 0 Å². The number of phenols is 1. The Morgan fingerprint density at radius 2 is 1.41 bits per heavy atom. The maximum atomic E-state index is 11.8. The number of nitro benzene ring substituents is 1. The van der Waals surface area contributed by atoms with Gasteiger partial charge in [0.1, 0.15) is 16.3 Å². The fourth-order valence-corrected chi connectivity index (χ4v) is 3.72. The second-order valence-corrected chi connectivity index (χ2v) is 8.68. The summed E-state index contributed by atoms with van der Waals surface area (Å²) in [6.45, 7) is 0. The number of non-ortho nitro benzene ring substituents is 1. The summed E-state index contributed by atoms with van der Waals surface area (Å²) in [5.74, 6) is -0.603. The molecule has 0 bridgehead atoms. The van der Waals surface area contributed by atoms with Crippen molar-refractivity contribution in [2.45, 2.75) is 9.79 Å². The molecule has 0 saturated heterocycles. The number of nitrogens with zero attached hydrogens (tertiary/aromatic N) is 3. The molecule has 160 valence electrons. The number of benzene rings is 3. The van der Waals surface area contributed by atoms with Gasteiger partial charge in [-0.1, -0.05) is 0 Å². The van der Waals surface area contributed by atoms with E-state index in [9.17, 15) is 41.2 Å². The van der Waals surface area contributed by atoms with Gasteiger partial charge in [-0.25, -0.2) is 0 Å². The van der Waals surface area contributed by atoms with Gasteiger partial charge in [-0.05, 0) is 30.3 Å². The van der Waals surface area contributed by atoms with Gasteiger partial charge in [0.25, 0.3) is 25.9 Å². The molecule has 12 nitrogen and oxygen atoms in total. The first-order valence-electron chi connectivity index (χ1n) is 7.79. The van der Waals surface area contributed by atoms with Gasteiger partial charge >= 0.3 is 59.1 Å². The first kappa shape index (κ1) is 28.6. The zero-order valence-corrected chi connectivity index (χ0v) is 16.2. The van der Waals surface area contributed by atoms with Crippen LogP contribution in [0.25, 0.3) is 10.8 Å². The molecule has 0 unspecified atom stereocenters. The fraction of sp³-hybridized carbons (Fsp3) is 0. The summed E-state index contributed by atoms with van der Waals surface area (Å²) in [6, 6.07) is 8.33. The molecule has 0 aliphatic heterocycles. The van der Waals surface area contributed by atoms with Crippen molar-refractivity contribution in [3.8, 4) is 5.75 Å². The van der Waals surface area contributed by atoms with E-state index >= 15 is 0 Å². The molecule has 0 atom stereocenters. The third-order valence-electron chi connectivity index (χ3n) is 3.93. The third-order valence-corrected chi connectivity index (χ3v) is 5.64. The van der Waals surface area contributed by atoms with E-state index < -0.39 is 46.4 Å². The molecule has 32 heavy (non-hydrogen) atoms. The van der Waals surface area contributed by atoms with Gasteiger partial charge in [0.15, 0.2) is 0 Å². The Balaban J connectivity index is 0.00000256. The molecule has 0 radical (unpaired) electrons. The van der Waals surface area contributed by atoms with E-state index in [-0.39, 0.29) is 81.3 Å². The average molecular weight is 501 g/mol. The van der Waals surface area contributed by atoms with Gasteiger partial charge in [-0.2, -0.15) is 21.9 Å². The van der Waals surface area contributed by atoms with Crippen molar-refractivity contribution in [2.24, 2.45) is 10.2 Å². The van der Waals surface area contributed by atoms with E-state index in [0.717, 1.165) is 30.3 Å². The van der Waals surface area contributed by atoms with E-state index in [1.165, 1.54) is 12.1 Å². The average Bonchev–Trinajstić information content (AvgIpc) is 2.65. The number of azo groups is 1. The van der Waals surface area contributed by atoms with E-state index in [2.05, 4.69) is 10.2 Å². The summed E-state index contributed by atoms with van der Waals surface area (Å²) in [5, 5.41) is 28.0. The SMILES string of the molecule is O=[N+]([O-])c1ccc(N=Nc2c(S(=O)(=O)O)cc(O)c3ccc(S(=O)(=O)O)cc23)cc1.[NaH].[NaH]. The second kappa shape index (κ2) is 10.6. The van der Waals surface area contributed by atoms with Gasteiger partial charge in [-0.15, -0.1) is 5.11 Å². The molecule has 0 heterocycles. The van der Waals surface area contributed by atoms with Crippen LogP contribution < -0.4 is 0 Å². The van der Waals surface area contributed by atoms with Crippen LogP contribution in [-0.2, 0) is 20.2 Å². The number of aromatic hydroxyl groups is 1. The molecule has 3 N–H and O–H groups in total. The predicted octanol–water partition coefficient (Wildman–Crippen LogP) is 2.07. The molecule has 16 heteroatoms. The number of rotatable bonds is 5. The zero-order valence-electron chi connectivity index (χ0n) is 14.6. The summed E-state index contributed by atoms with van der Waals surface area (Å²) in [7, 11) is -9.62. The molecule has 3 aromatic rings.